The predicted octanol–water partition coefficient (Wildman–Crippen LogP) is 2.24. The Bertz CT molecular complexity index is 788. The van der Waals surface area contributed by atoms with Crippen LogP contribution in [0.1, 0.15) is 36.9 Å². The van der Waals surface area contributed by atoms with Crippen molar-refractivity contribution in [2.45, 2.75) is 44.6 Å². The number of hydrogen-bond donors (Lipinski definition) is 3. The number of para-hydroxylation sites is 1. The molecular formula is C18H21N3O3. The smallest absolute Gasteiger partial charge is 0.303 e. The third-order valence-corrected chi connectivity index (χ3v) is 4.42. The Balaban J connectivity index is 1.93. The number of pyridine rings is 1. The van der Waals surface area contributed by atoms with E-state index in [0.717, 1.165) is 53.5 Å². The van der Waals surface area contributed by atoms with Crippen LogP contribution in [0, 0.1) is 0 Å². The number of hydrogen-bond acceptors (Lipinski definition) is 4. The number of aryl methyl sites for hydroxylation is 1. The molecular weight excluding hydrogens is 306 g/mol. The molecule has 1 aliphatic carbocycles. The van der Waals surface area contributed by atoms with Crippen molar-refractivity contribution >= 4 is 28.5 Å². The van der Waals surface area contributed by atoms with Crippen molar-refractivity contribution < 1.29 is 14.7 Å². The van der Waals surface area contributed by atoms with Gasteiger partial charge < -0.3 is 16.2 Å². The molecule has 126 valence electrons. The Kier molecular flexibility index (Phi) is 4.76. The Morgan fingerprint density at radius 2 is 2.00 bits per heavy atom. The molecule has 0 bridgehead atoms. The number of fused-ring (bicyclic) bond motifs is 2. The monoisotopic (exact) mass is 327 g/mol. The van der Waals surface area contributed by atoms with Crippen LogP contribution in [0.3, 0.4) is 0 Å². The standard InChI is InChI=1S/C18H21N3O3/c19-13(9-10-16(22)23)18(24)21-17-11-5-1-3-7-14(11)20-15-8-4-2-6-12(15)17/h1,3,5,7,13H,2,4,6,8-10,19H2,(H,22,23)(H,20,21,24)/t13-/m0/s1. The van der Waals surface area contributed by atoms with Crippen LogP contribution in [-0.4, -0.2) is 28.0 Å². The maximum absolute atomic E-state index is 12.4. The molecule has 4 N–H and O–H groups in total. The highest BCUT2D eigenvalue weighted by atomic mass is 16.4. The number of nitrogens with two attached hydrogens (primary N) is 1. The first-order valence-electron chi connectivity index (χ1n) is 8.25. The van der Waals surface area contributed by atoms with Crippen molar-refractivity contribution in [3.63, 3.8) is 0 Å². The fourth-order valence-electron chi connectivity index (χ4n) is 3.14. The van der Waals surface area contributed by atoms with Crippen LogP contribution in [0.4, 0.5) is 5.69 Å². The number of carboxylic acids is 1. The minimum absolute atomic E-state index is 0.117. The van der Waals surface area contributed by atoms with Gasteiger partial charge in [-0.05, 0) is 43.7 Å². The summed E-state index contributed by atoms with van der Waals surface area (Å²) in [7, 11) is 0. The van der Waals surface area contributed by atoms with Crippen LogP contribution in [-0.2, 0) is 22.4 Å². The average Bonchev–Trinajstić information content (AvgIpc) is 2.59. The summed E-state index contributed by atoms with van der Waals surface area (Å²) in [6, 6.07) is 6.88. The van der Waals surface area contributed by atoms with Crippen LogP contribution in [0.2, 0.25) is 0 Å². The summed E-state index contributed by atoms with van der Waals surface area (Å²) < 4.78 is 0. The van der Waals surface area contributed by atoms with Gasteiger partial charge in [-0.2, -0.15) is 0 Å². The van der Waals surface area contributed by atoms with E-state index in [0.29, 0.717) is 0 Å². The van der Waals surface area contributed by atoms with Crippen LogP contribution in [0.5, 0.6) is 0 Å². The van der Waals surface area contributed by atoms with Crippen molar-refractivity contribution in [2.24, 2.45) is 5.73 Å². The average molecular weight is 327 g/mol. The number of aromatic nitrogens is 1. The second-order valence-corrected chi connectivity index (χ2v) is 6.16. The second kappa shape index (κ2) is 6.97. The Morgan fingerprint density at radius 3 is 2.79 bits per heavy atom. The number of carboxylic acid groups (broad SMARTS) is 1. The van der Waals surface area contributed by atoms with Gasteiger partial charge in [0.05, 0.1) is 17.2 Å². The number of anilines is 1. The summed E-state index contributed by atoms with van der Waals surface area (Å²) in [6.45, 7) is 0. The third-order valence-electron chi connectivity index (χ3n) is 4.42. The number of amides is 1. The van der Waals surface area contributed by atoms with E-state index in [1.165, 1.54) is 0 Å². The molecule has 0 unspecified atom stereocenters. The van der Waals surface area contributed by atoms with Crippen molar-refractivity contribution in [1.82, 2.24) is 4.98 Å². The van der Waals surface area contributed by atoms with Gasteiger partial charge in [0.25, 0.3) is 0 Å². The summed E-state index contributed by atoms with van der Waals surface area (Å²) in [4.78, 5) is 27.8. The quantitative estimate of drug-likeness (QED) is 0.781. The van der Waals surface area contributed by atoms with Gasteiger partial charge in [-0.25, -0.2) is 0 Å². The zero-order chi connectivity index (χ0) is 17.1. The Hall–Kier alpha value is -2.47. The number of aliphatic carboxylic acids is 1. The van der Waals surface area contributed by atoms with E-state index in [1.807, 2.05) is 24.3 Å². The van der Waals surface area contributed by atoms with Gasteiger partial charge >= 0.3 is 5.97 Å². The molecule has 0 aliphatic heterocycles. The first-order valence-corrected chi connectivity index (χ1v) is 8.25. The Labute approximate surface area is 140 Å². The van der Waals surface area contributed by atoms with Gasteiger partial charge in [0.2, 0.25) is 5.91 Å². The normalized spacial score (nSPS) is 14.9. The SMILES string of the molecule is N[C@@H](CCC(=O)O)C(=O)Nc1c2c(nc3ccccc13)CCCC2. The minimum Gasteiger partial charge on any atom is -0.481 e. The van der Waals surface area contributed by atoms with Crippen molar-refractivity contribution in [3.05, 3.63) is 35.5 Å². The molecule has 1 heterocycles. The summed E-state index contributed by atoms with van der Waals surface area (Å²) >= 11 is 0. The lowest BCUT2D eigenvalue weighted by Gasteiger charge is -2.22. The van der Waals surface area contributed by atoms with Gasteiger partial charge in [0.1, 0.15) is 0 Å². The first kappa shape index (κ1) is 16.4. The number of nitrogens with one attached hydrogen (secondary N) is 1. The molecule has 24 heavy (non-hydrogen) atoms. The molecule has 3 rings (SSSR count). The van der Waals surface area contributed by atoms with Gasteiger partial charge in [0, 0.05) is 17.5 Å². The molecule has 0 saturated heterocycles. The lowest BCUT2D eigenvalue weighted by atomic mass is 9.92. The second-order valence-electron chi connectivity index (χ2n) is 6.16. The molecule has 2 aromatic rings. The van der Waals surface area contributed by atoms with Gasteiger partial charge in [-0.15, -0.1) is 0 Å². The lowest BCUT2D eigenvalue weighted by molar-refractivity contribution is -0.137. The van der Waals surface area contributed by atoms with E-state index in [1.54, 1.807) is 0 Å². The summed E-state index contributed by atoms with van der Waals surface area (Å²) in [5.74, 6) is -1.30. The third kappa shape index (κ3) is 3.38. The van der Waals surface area contributed by atoms with E-state index in [-0.39, 0.29) is 18.7 Å². The highest BCUT2D eigenvalue weighted by Gasteiger charge is 2.22. The van der Waals surface area contributed by atoms with Crippen molar-refractivity contribution in [3.8, 4) is 0 Å². The maximum atomic E-state index is 12.4. The summed E-state index contributed by atoms with van der Waals surface area (Å²) in [5, 5.41) is 12.6. The molecule has 1 amide bonds. The van der Waals surface area contributed by atoms with Gasteiger partial charge in [0.15, 0.2) is 0 Å². The molecule has 6 nitrogen and oxygen atoms in total. The zero-order valence-electron chi connectivity index (χ0n) is 13.4. The van der Waals surface area contributed by atoms with E-state index >= 15 is 0 Å². The predicted molar refractivity (Wildman–Crippen MR) is 91.9 cm³/mol. The molecule has 1 aromatic carbocycles. The largest absolute Gasteiger partial charge is 0.481 e. The van der Waals surface area contributed by atoms with E-state index in [9.17, 15) is 9.59 Å². The molecule has 1 aromatic heterocycles. The molecule has 0 radical (unpaired) electrons. The molecule has 0 spiro atoms. The number of benzene rings is 1. The minimum atomic E-state index is -0.954. The fourth-order valence-corrected chi connectivity index (χ4v) is 3.14. The molecule has 6 heteroatoms. The number of rotatable bonds is 5. The van der Waals surface area contributed by atoms with Crippen LogP contribution >= 0.6 is 0 Å². The van der Waals surface area contributed by atoms with E-state index in [2.05, 4.69) is 5.32 Å². The van der Waals surface area contributed by atoms with Crippen LogP contribution < -0.4 is 11.1 Å². The number of nitrogens with zero attached hydrogens (tertiary/aromatic N) is 1. The first-order chi connectivity index (χ1) is 11.6. The molecule has 1 atom stereocenters. The van der Waals surface area contributed by atoms with Crippen molar-refractivity contribution in [1.29, 1.82) is 0 Å². The Morgan fingerprint density at radius 1 is 1.25 bits per heavy atom. The van der Waals surface area contributed by atoms with E-state index < -0.39 is 12.0 Å². The fraction of sp³-hybridized carbons (Fsp3) is 0.389. The van der Waals surface area contributed by atoms with Gasteiger partial charge in [-0.1, -0.05) is 18.2 Å². The highest BCUT2D eigenvalue weighted by Crippen LogP contribution is 2.33. The van der Waals surface area contributed by atoms with E-state index in [4.69, 9.17) is 15.8 Å². The number of carbonyl (C=O) groups is 2. The molecule has 0 saturated carbocycles. The molecule has 0 fully saturated rings. The lowest BCUT2D eigenvalue weighted by Crippen LogP contribution is -2.36. The topological polar surface area (TPSA) is 105 Å². The molecule has 1 aliphatic rings. The summed E-state index contributed by atoms with van der Waals surface area (Å²) in [5.41, 5.74) is 9.60. The maximum Gasteiger partial charge on any atom is 0.303 e. The zero-order valence-corrected chi connectivity index (χ0v) is 13.4. The van der Waals surface area contributed by atoms with Crippen LogP contribution in [0.15, 0.2) is 24.3 Å². The highest BCUT2D eigenvalue weighted by molar-refractivity contribution is 6.04. The van der Waals surface area contributed by atoms with Gasteiger partial charge in [-0.3, -0.25) is 14.6 Å². The number of carbonyl (C=O) groups excluding carboxylic acids is 1. The van der Waals surface area contributed by atoms with Crippen LogP contribution in [0.25, 0.3) is 10.9 Å². The van der Waals surface area contributed by atoms with Crippen molar-refractivity contribution in [2.75, 3.05) is 5.32 Å². The summed E-state index contributed by atoms with van der Waals surface area (Å²) in [6.07, 6.45) is 3.96.